The fourth-order valence-corrected chi connectivity index (χ4v) is 4.01. The molecule has 1 aliphatic heterocycles. The number of nitrogens with zero attached hydrogens (tertiary/aromatic N) is 4. The Bertz CT molecular complexity index is 1040. The van der Waals surface area contributed by atoms with Crippen LogP contribution in [0.3, 0.4) is 0 Å². The zero-order chi connectivity index (χ0) is 23.8. The van der Waals surface area contributed by atoms with Gasteiger partial charge in [-0.1, -0.05) is 25.5 Å². The SMILES string of the molecule is CCCCc1ccc(NC(=O)N2CCN(c3ccc(-c4ccc(OCC)cc4)nn3)CC2)cc1. The van der Waals surface area contributed by atoms with Crippen LogP contribution in [-0.4, -0.2) is 53.9 Å². The van der Waals surface area contributed by atoms with Crippen LogP contribution in [0.4, 0.5) is 16.3 Å². The molecule has 1 aromatic heterocycles. The Balaban J connectivity index is 1.28. The minimum atomic E-state index is -0.0575. The van der Waals surface area contributed by atoms with Gasteiger partial charge in [0.2, 0.25) is 0 Å². The van der Waals surface area contributed by atoms with E-state index in [9.17, 15) is 4.79 Å². The highest BCUT2D eigenvalue weighted by Crippen LogP contribution is 2.22. The van der Waals surface area contributed by atoms with Crippen molar-refractivity contribution in [2.75, 3.05) is 43.0 Å². The van der Waals surface area contributed by atoms with Gasteiger partial charge >= 0.3 is 6.03 Å². The normalized spacial score (nSPS) is 13.6. The summed E-state index contributed by atoms with van der Waals surface area (Å²) in [6.45, 7) is 7.54. The van der Waals surface area contributed by atoms with Crippen molar-refractivity contribution in [2.24, 2.45) is 0 Å². The number of aryl methyl sites for hydroxylation is 1. The molecule has 7 nitrogen and oxygen atoms in total. The molecule has 2 amide bonds. The lowest BCUT2D eigenvalue weighted by atomic mass is 10.1. The van der Waals surface area contributed by atoms with Crippen molar-refractivity contribution in [3.8, 4) is 17.0 Å². The second kappa shape index (κ2) is 11.5. The maximum Gasteiger partial charge on any atom is 0.321 e. The van der Waals surface area contributed by atoms with Crippen molar-refractivity contribution < 1.29 is 9.53 Å². The highest BCUT2D eigenvalue weighted by Gasteiger charge is 2.22. The molecule has 7 heteroatoms. The average molecular weight is 460 g/mol. The van der Waals surface area contributed by atoms with Crippen LogP contribution >= 0.6 is 0 Å². The molecule has 0 unspecified atom stereocenters. The summed E-state index contributed by atoms with van der Waals surface area (Å²) < 4.78 is 5.50. The molecule has 1 aliphatic rings. The Morgan fingerprint density at radius 1 is 0.912 bits per heavy atom. The van der Waals surface area contributed by atoms with Crippen LogP contribution in [-0.2, 0) is 6.42 Å². The fourth-order valence-electron chi connectivity index (χ4n) is 4.01. The van der Waals surface area contributed by atoms with E-state index in [4.69, 9.17) is 4.74 Å². The van der Waals surface area contributed by atoms with Gasteiger partial charge < -0.3 is 19.9 Å². The second-order valence-electron chi connectivity index (χ2n) is 8.44. The number of rotatable bonds is 8. The first-order chi connectivity index (χ1) is 16.7. The van der Waals surface area contributed by atoms with E-state index in [2.05, 4.69) is 39.5 Å². The van der Waals surface area contributed by atoms with Gasteiger partial charge in [0.1, 0.15) is 5.75 Å². The smallest absolute Gasteiger partial charge is 0.321 e. The molecule has 2 aromatic carbocycles. The number of hydrogen-bond donors (Lipinski definition) is 1. The number of ether oxygens (including phenoxy) is 1. The number of urea groups is 1. The zero-order valence-electron chi connectivity index (χ0n) is 20.0. The maximum atomic E-state index is 12.7. The third-order valence-electron chi connectivity index (χ3n) is 6.03. The largest absolute Gasteiger partial charge is 0.494 e. The first-order valence-electron chi connectivity index (χ1n) is 12.1. The Hall–Kier alpha value is -3.61. The van der Waals surface area contributed by atoms with Crippen molar-refractivity contribution in [3.63, 3.8) is 0 Å². The lowest BCUT2D eigenvalue weighted by Gasteiger charge is -2.35. The van der Waals surface area contributed by atoms with Gasteiger partial charge in [0.25, 0.3) is 0 Å². The van der Waals surface area contributed by atoms with Crippen molar-refractivity contribution >= 4 is 17.5 Å². The standard InChI is InChI=1S/C27H33N5O2/c1-3-5-6-21-7-11-23(12-8-21)28-27(33)32-19-17-31(18-20-32)26-16-15-25(29-30-26)22-9-13-24(14-10-22)34-4-2/h7-16H,3-6,17-20H2,1-2H3,(H,28,33). The summed E-state index contributed by atoms with van der Waals surface area (Å²) in [5.41, 5.74) is 3.97. The van der Waals surface area contributed by atoms with E-state index in [0.717, 1.165) is 48.0 Å². The number of aromatic nitrogens is 2. The minimum Gasteiger partial charge on any atom is -0.494 e. The molecule has 0 bridgehead atoms. The quantitative estimate of drug-likeness (QED) is 0.499. The molecule has 34 heavy (non-hydrogen) atoms. The topological polar surface area (TPSA) is 70.6 Å². The highest BCUT2D eigenvalue weighted by molar-refractivity contribution is 5.89. The van der Waals surface area contributed by atoms with E-state index in [1.807, 2.05) is 60.4 Å². The Morgan fingerprint density at radius 3 is 2.26 bits per heavy atom. The van der Waals surface area contributed by atoms with Crippen molar-refractivity contribution in [1.82, 2.24) is 15.1 Å². The van der Waals surface area contributed by atoms with Gasteiger partial charge in [0, 0.05) is 37.4 Å². The number of anilines is 2. The molecule has 0 aliphatic carbocycles. The number of carbonyl (C=O) groups excluding carboxylic acids is 1. The predicted molar refractivity (Wildman–Crippen MR) is 136 cm³/mol. The van der Waals surface area contributed by atoms with Crippen LogP contribution in [0, 0.1) is 0 Å². The van der Waals surface area contributed by atoms with E-state index < -0.39 is 0 Å². The molecule has 3 aromatic rings. The van der Waals surface area contributed by atoms with E-state index in [0.29, 0.717) is 19.7 Å². The highest BCUT2D eigenvalue weighted by atomic mass is 16.5. The number of amides is 2. The molecule has 1 N–H and O–H groups in total. The molecule has 0 saturated carbocycles. The molecule has 0 atom stereocenters. The zero-order valence-corrected chi connectivity index (χ0v) is 20.0. The monoisotopic (exact) mass is 459 g/mol. The number of unbranched alkanes of at least 4 members (excludes halogenated alkanes) is 1. The van der Waals surface area contributed by atoms with Crippen molar-refractivity contribution in [3.05, 3.63) is 66.2 Å². The number of nitrogens with one attached hydrogen (secondary N) is 1. The summed E-state index contributed by atoms with van der Waals surface area (Å²) in [5.74, 6) is 1.68. The van der Waals surface area contributed by atoms with Crippen molar-refractivity contribution in [1.29, 1.82) is 0 Å². The first-order valence-corrected chi connectivity index (χ1v) is 12.1. The molecule has 4 rings (SSSR count). The van der Waals surface area contributed by atoms with Crippen LogP contribution in [0.2, 0.25) is 0 Å². The van der Waals surface area contributed by atoms with E-state index in [1.165, 1.54) is 18.4 Å². The Morgan fingerprint density at radius 2 is 1.65 bits per heavy atom. The number of benzene rings is 2. The molecule has 0 radical (unpaired) electrons. The molecular formula is C27H33N5O2. The summed E-state index contributed by atoms with van der Waals surface area (Å²) in [7, 11) is 0. The minimum absolute atomic E-state index is 0.0575. The van der Waals surface area contributed by atoms with Crippen LogP contribution in [0.15, 0.2) is 60.7 Å². The van der Waals surface area contributed by atoms with Gasteiger partial charge in [-0.15, -0.1) is 10.2 Å². The molecule has 0 spiro atoms. The summed E-state index contributed by atoms with van der Waals surface area (Å²) in [6, 6.07) is 20.0. The van der Waals surface area contributed by atoms with Gasteiger partial charge in [-0.05, 0) is 73.9 Å². The number of carbonyl (C=O) groups is 1. The summed E-state index contributed by atoms with van der Waals surface area (Å²) in [6.07, 6.45) is 3.45. The molecule has 1 saturated heterocycles. The summed E-state index contributed by atoms with van der Waals surface area (Å²) in [4.78, 5) is 16.7. The van der Waals surface area contributed by atoms with Gasteiger partial charge in [0.05, 0.1) is 12.3 Å². The summed E-state index contributed by atoms with van der Waals surface area (Å²) >= 11 is 0. The van der Waals surface area contributed by atoms with Crippen molar-refractivity contribution in [2.45, 2.75) is 33.1 Å². The number of piperazine rings is 1. The Labute approximate surface area is 201 Å². The van der Waals surface area contributed by atoms with Crippen LogP contribution in [0.1, 0.15) is 32.3 Å². The molecule has 1 fully saturated rings. The van der Waals surface area contributed by atoms with E-state index >= 15 is 0 Å². The third kappa shape index (κ3) is 6.04. The van der Waals surface area contributed by atoms with Gasteiger partial charge in [-0.2, -0.15) is 0 Å². The lowest BCUT2D eigenvalue weighted by Crippen LogP contribution is -2.50. The molecule has 178 valence electrons. The van der Waals surface area contributed by atoms with Crippen LogP contribution in [0.5, 0.6) is 5.75 Å². The van der Waals surface area contributed by atoms with Crippen LogP contribution < -0.4 is 15.0 Å². The van der Waals surface area contributed by atoms with E-state index in [-0.39, 0.29) is 6.03 Å². The van der Waals surface area contributed by atoms with Crippen LogP contribution in [0.25, 0.3) is 11.3 Å². The first kappa shape index (κ1) is 23.5. The third-order valence-corrected chi connectivity index (χ3v) is 6.03. The Kier molecular flexibility index (Phi) is 7.96. The summed E-state index contributed by atoms with van der Waals surface area (Å²) in [5, 5.41) is 11.9. The average Bonchev–Trinajstić information content (AvgIpc) is 2.89. The molecular weight excluding hydrogens is 426 g/mol. The maximum absolute atomic E-state index is 12.7. The predicted octanol–water partition coefficient (Wildman–Crippen LogP) is 5.24. The van der Waals surface area contributed by atoms with E-state index in [1.54, 1.807) is 0 Å². The van der Waals surface area contributed by atoms with Gasteiger partial charge in [0.15, 0.2) is 5.82 Å². The van der Waals surface area contributed by atoms with Gasteiger partial charge in [-0.25, -0.2) is 4.79 Å². The van der Waals surface area contributed by atoms with Gasteiger partial charge in [-0.3, -0.25) is 0 Å². The fraction of sp³-hybridized carbons (Fsp3) is 0.370. The molecule has 2 heterocycles. The number of hydrogen-bond acceptors (Lipinski definition) is 5. The lowest BCUT2D eigenvalue weighted by molar-refractivity contribution is 0.208. The second-order valence-corrected chi connectivity index (χ2v) is 8.44.